The normalized spacial score (nSPS) is 12.0. The minimum atomic E-state index is -0.802. The van der Waals surface area contributed by atoms with Gasteiger partial charge in [0.05, 0.1) is 5.60 Å². The Balaban J connectivity index is 2.03. The van der Waals surface area contributed by atoms with Gasteiger partial charge in [-0.15, -0.1) is 5.10 Å². The summed E-state index contributed by atoms with van der Waals surface area (Å²) in [6.45, 7) is 3.94. The highest BCUT2D eigenvalue weighted by atomic mass is 16.3. The lowest BCUT2D eigenvalue weighted by atomic mass is 9.88. The smallest absolute Gasteiger partial charge is 0.275 e. The van der Waals surface area contributed by atoms with E-state index in [2.05, 4.69) is 10.1 Å². The van der Waals surface area contributed by atoms with Gasteiger partial charge in [0, 0.05) is 11.8 Å². The lowest BCUT2D eigenvalue weighted by Crippen LogP contribution is -2.23. The molecule has 0 saturated carbocycles. The molecule has 0 saturated heterocycles. The van der Waals surface area contributed by atoms with Gasteiger partial charge in [0.15, 0.2) is 5.82 Å². The van der Waals surface area contributed by atoms with Crippen LogP contribution in [0.3, 0.4) is 0 Å². The first-order valence-corrected chi connectivity index (χ1v) is 7.48. The summed E-state index contributed by atoms with van der Waals surface area (Å²) >= 11 is 0. The number of nitrogens with one attached hydrogen (secondary N) is 1. The van der Waals surface area contributed by atoms with Crippen LogP contribution in [0.15, 0.2) is 47.4 Å². The van der Waals surface area contributed by atoms with Gasteiger partial charge in [-0.05, 0) is 30.5 Å². The van der Waals surface area contributed by atoms with Crippen LogP contribution in [0.25, 0.3) is 16.9 Å². The van der Waals surface area contributed by atoms with Gasteiger partial charge in [-0.1, -0.05) is 38.1 Å². The Hall–Kier alpha value is -2.40. The Kier molecular flexibility index (Phi) is 3.58. The van der Waals surface area contributed by atoms with Crippen LogP contribution in [-0.2, 0) is 5.60 Å². The van der Waals surface area contributed by atoms with Crippen molar-refractivity contribution in [2.75, 3.05) is 0 Å². The van der Waals surface area contributed by atoms with E-state index in [-0.39, 0.29) is 5.56 Å². The average molecular weight is 297 g/mol. The number of H-pyrrole nitrogens is 1. The van der Waals surface area contributed by atoms with Gasteiger partial charge in [0.1, 0.15) is 5.52 Å². The zero-order chi connectivity index (χ0) is 15.7. The summed E-state index contributed by atoms with van der Waals surface area (Å²) in [6, 6.07) is 11.0. The van der Waals surface area contributed by atoms with Crippen molar-refractivity contribution >= 4 is 5.52 Å². The van der Waals surface area contributed by atoms with Crippen molar-refractivity contribution in [3.05, 3.63) is 58.5 Å². The number of aromatic amines is 1. The fourth-order valence-electron chi connectivity index (χ4n) is 2.67. The first kappa shape index (κ1) is 14.5. The summed E-state index contributed by atoms with van der Waals surface area (Å²) in [5.74, 6) is 0.511. The van der Waals surface area contributed by atoms with Gasteiger partial charge in [-0.25, -0.2) is 4.52 Å². The molecule has 0 amide bonds. The van der Waals surface area contributed by atoms with Gasteiger partial charge in [-0.2, -0.15) is 0 Å². The highest BCUT2D eigenvalue weighted by molar-refractivity contribution is 5.57. The molecule has 2 N–H and O–H groups in total. The van der Waals surface area contributed by atoms with Crippen LogP contribution >= 0.6 is 0 Å². The number of aromatic nitrogens is 3. The van der Waals surface area contributed by atoms with E-state index in [4.69, 9.17) is 0 Å². The highest BCUT2D eigenvalue weighted by Crippen LogP contribution is 2.29. The fourth-order valence-corrected chi connectivity index (χ4v) is 2.67. The molecule has 0 atom stereocenters. The van der Waals surface area contributed by atoms with E-state index in [0.29, 0.717) is 24.2 Å². The number of benzene rings is 1. The van der Waals surface area contributed by atoms with E-state index in [1.54, 1.807) is 22.8 Å². The van der Waals surface area contributed by atoms with Gasteiger partial charge in [0.25, 0.3) is 5.56 Å². The van der Waals surface area contributed by atoms with Crippen molar-refractivity contribution in [1.29, 1.82) is 0 Å². The molecular formula is C17H19N3O2. The third-order valence-corrected chi connectivity index (χ3v) is 4.27. The predicted molar refractivity (Wildman–Crippen MR) is 85.7 cm³/mol. The monoisotopic (exact) mass is 297 g/mol. The predicted octanol–water partition coefficient (Wildman–Crippen LogP) is 2.70. The summed E-state index contributed by atoms with van der Waals surface area (Å²) in [4.78, 5) is 14.8. The van der Waals surface area contributed by atoms with Gasteiger partial charge >= 0.3 is 0 Å². The van der Waals surface area contributed by atoms with Crippen molar-refractivity contribution in [3.8, 4) is 11.4 Å². The topological polar surface area (TPSA) is 70.4 Å². The quantitative estimate of drug-likeness (QED) is 0.778. The number of nitrogens with zero attached hydrogens (tertiary/aromatic N) is 2. The van der Waals surface area contributed by atoms with E-state index in [9.17, 15) is 9.90 Å². The number of hydrogen-bond acceptors (Lipinski definition) is 3. The standard InChI is InChI=1S/C17H19N3O2/c1-3-17(22,4-2)13-9-7-12(8-10-13)15-18-16(21)14-6-5-11-20(14)19-15/h5-11,22H,3-4H2,1-2H3,(H,18,19,21). The van der Waals surface area contributed by atoms with Gasteiger partial charge in [0.2, 0.25) is 0 Å². The molecule has 0 bridgehead atoms. The van der Waals surface area contributed by atoms with Crippen LogP contribution in [0.4, 0.5) is 0 Å². The molecule has 1 aromatic carbocycles. The van der Waals surface area contributed by atoms with Crippen LogP contribution < -0.4 is 5.56 Å². The second-order valence-corrected chi connectivity index (χ2v) is 5.46. The molecule has 114 valence electrons. The molecule has 0 aliphatic carbocycles. The fraction of sp³-hybridized carbons (Fsp3) is 0.294. The SMILES string of the molecule is CCC(O)(CC)c1ccc(-c2nn3cccc3c(=O)[nH]2)cc1. The van der Waals surface area contributed by atoms with E-state index in [0.717, 1.165) is 11.1 Å². The summed E-state index contributed by atoms with van der Waals surface area (Å²) in [6.07, 6.45) is 3.07. The molecule has 0 spiro atoms. The number of fused-ring (bicyclic) bond motifs is 1. The molecular weight excluding hydrogens is 278 g/mol. The average Bonchev–Trinajstić information content (AvgIpc) is 3.03. The lowest BCUT2D eigenvalue weighted by Gasteiger charge is -2.25. The summed E-state index contributed by atoms with van der Waals surface area (Å²) in [5, 5.41) is 14.9. The van der Waals surface area contributed by atoms with E-state index < -0.39 is 5.60 Å². The number of rotatable bonds is 4. The Morgan fingerprint density at radius 3 is 2.50 bits per heavy atom. The van der Waals surface area contributed by atoms with Crippen molar-refractivity contribution in [3.63, 3.8) is 0 Å². The summed E-state index contributed by atoms with van der Waals surface area (Å²) in [5.41, 5.74) is 1.24. The van der Waals surface area contributed by atoms with E-state index in [1.807, 2.05) is 38.1 Å². The van der Waals surface area contributed by atoms with Crippen molar-refractivity contribution in [2.45, 2.75) is 32.3 Å². The van der Waals surface area contributed by atoms with Crippen LogP contribution in [0.2, 0.25) is 0 Å². The molecule has 2 aromatic heterocycles. The van der Waals surface area contributed by atoms with Crippen LogP contribution in [0, 0.1) is 0 Å². The minimum absolute atomic E-state index is 0.169. The van der Waals surface area contributed by atoms with Crippen LogP contribution in [0.1, 0.15) is 32.3 Å². The minimum Gasteiger partial charge on any atom is -0.385 e. The van der Waals surface area contributed by atoms with Crippen molar-refractivity contribution in [2.24, 2.45) is 0 Å². The third-order valence-electron chi connectivity index (χ3n) is 4.27. The second-order valence-electron chi connectivity index (χ2n) is 5.46. The molecule has 5 nitrogen and oxygen atoms in total. The Bertz CT molecular complexity index is 842. The molecule has 3 rings (SSSR count). The molecule has 2 heterocycles. The Morgan fingerprint density at radius 2 is 1.86 bits per heavy atom. The number of aliphatic hydroxyl groups is 1. The highest BCUT2D eigenvalue weighted by Gasteiger charge is 2.24. The van der Waals surface area contributed by atoms with E-state index >= 15 is 0 Å². The third kappa shape index (κ3) is 2.33. The zero-order valence-electron chi connectivity index (χ0n) is 12.7. The van der Waals surface area contributed by atoms with E-state index in [1.165, 1.54) is 0 Å². The lowest BCUT2D eigenvalue weighted by molar-refractivity contribution is 0.0284. The van der Waals surface area contributed by atoms with Crippen LogP contribution in [-0.4, -0.2) is 19.7 Å². The molecule has 0 radical (unpaired) electrons. The molecule has 5 heteroatoms. The summed E-state index contributed by atoms with van der Waals surface area (Å²) < 4.78 is 1.57. The zero-order valence-corrected chi connectivity index (χ0v) is 12.7. The molecule has 0 fully saturated rings. The molecule has 0 aliphatic rings. The van der Waals surface area contributed by atoms with Crippen molar-refractivity contribution < 1.29 is 5.11 Å². The Morgan fingerprint density at radius 1 is 1.18 bits per heavy atom. The maximum absolute atomic E-state index is 12.0. The van der Waals surface area contributed by atoms with Crippen LogP contribution in [0.5, 0.6) is 0 Å². The molecule has 3 aromatic rings. The first-order valence-electron chi connectivity index (χ1n) is 7.48. The van der Waals surface area contributed by atoms with Gasteiger partial charge in [-0.3, -0.25) is 4.79 Å². The molecule has 0 unspecified atom stereocenters. The van der Waals surface area contributed by atoms with Crippen molar-refractivity contribution in [1.82, 2.24) is 14.6 Å². The molecule has 22 heavy (non-hydrogen) atoms. The second kappa shape index (κ2) is 5.42. The number of hydrogen-bond donors (Lipinski definition) is 2. The molecule has 0 aliphatic heterocycles. The maximum Gasteiger partial charge on any atom is 0.275 e. The van der Waals surface area contributed by atoms with Gasteiger partial charge < -0.3 is 10.1 Å². The maximum atomic E-state index is 12.0. The first-order chi connectivity index (χ1) is 10.6. The summed E-state index contributed by atoms with van der Waals surface area (Å²) in [7, 11) is 0. The largest absolute Gasteiger partial charge is 0.385 e. The Labute approximate surface area is 128 Å².